The molecule has 7 heteroatoms. The molecule has 0 saturated heterocycles. The van der Waals surface area contributed by atoms with Crippen LogP contribution in [0.1, 0.15) is 24.6 Å². The van der Waals surface area contributed by atoms with Crippen LogP contribution in [0.15, 0.2) is 12.1 Å². The van der Waals surface area contributed by atoms with E-state index in [1.165, 1.54) is 6.07 Å². The molecule has 0 saturated carbocycles. The number of rotatable bonds is 8. The third kappa shape index (κ3) is 5.24. The Kier molecular flexibility index (Phi) is 6.31. The van der Waals surface area contributed by atoms with Gasteiger partial charge in [-0.05, 0) is 12.5 Å². The molecule has 0 aliphatic carbocycles. The second-order valence-corrected chi connectivity index (χ2v) is 4.92. The lowest BCUT2D eigenvalue weighted by Crippen LogP contribution is -2.27. The average Bonchev–Trinajstić information content (AvgIpc) is 2.81. The minimum atomic E-state index is -0.396. The third-order valence-corrected chi connectivity index (χ3v) is 3.26. The van der Waals surface area contributed by atoms with Crippen LogP contribution in [0.2, 0.25) is 0 Å². The Morgan fingerprint density at radius 1 is 1.44 bits per heavy atom. The molecule has 0 aromatic carbocycles. The normalized spacial score (nSPS) is 10.3. The predicted octanol–water partition coefficient (Wildman–Crippen LogP) is 1.66. The molecule has 1 rings (SSSR count). The summed E-state index contributed by atoms with van der Waals surface area (Å²) in [5.74, 6) is 0.0292. The molecule has 0 spiro atoms. The van der Waals surface area contributed by atoms with E-state index in [9.17, 15) is 14.9 Å². The van der Waals surface area contributed by atoms with Crippen molar-refractivity contribution >= 4 is 22.2 Å². The van der Waals surface area contributed by atoms with Gasteiger partial charge in [-0.15, -0.1) is 0 Å². The summed E-state index contributed by atoms with van der Waals surface area (Å²) in [6.45, 7) is 3.83. The lowest BCUT2D eigenvalue weighted by atomic mass is 10.3. The summed E-state index contributed by atoms with van der Waals surface area (Å²) in [6, 6.07) is 3.22. The lowest BCUT2D eigenvalue weighted by molar-refractivity contribution is -0.380. The van der Waals surface area contributed by atoms with E-state index in [2.05, 4.69) is 10.6 Å². The van der Waals surface area contributed by atoms with Crippen LogP contribution in [0.25, 0.3) is 0 Å². The highest BCUT2D eigenvalue weighted by atomic mass is 32.1. The van der Waals surface area contributed by atoms with E-state index in [1.807, 2.05) is 6.92 Å². The maximum Gasteiger partial charge on any atom is 0.324 e. The molecule has 2 N–H and O–H groups in total. The van der Waals surface area contributed by atoms with E-state index in [-0.39, 0.29) is 10.9 Å². The molecule has 1 aromatic heterocycles. The number of nitro groups is 1. The monoisotopic (exact) mass is 271 g/mol. The van der Waals surface area contributed by atoms with Crippen LogP contribution in [-0.4, -0.2) is 23.9 Å². The van der Waals surface area contributed by atoms with E-state index < -0.39 is 4.92 Å². The van der Waals surface area contributed by atoms with Crippen molar-refractivity contribution in [2.45, 2.75) is 26.3 Å². The molecule has 0 atom stereocenters. The van der Waals surface area contributed by atoms with Gasteiger partial charge in [0.25, 0.3) is 0 Å². The van der Waals surface area contributed by atoms with E-state index >= 15 is 0 Å². The second kappa shape index (κ2) is 7.78. The SMILES string of the molecule is CCCNC(=O)CCNCc1ccc([N+](=O)[O-])s1. The van der Waals surface area contributed by atoms with Crippen LogP contribution in [-0.2, 0) is 11.3 Å². The summed E-state index contributed by atoms with van der Waals surface area (Å²) in [5, 5.41) is 16.5. The lowest BCUT2D eigenvalue weighted by Gasteiger charge is -2.04. The van der Waals surface area contributed by atoms with E-state index in [1.54, 1.807) is 6.07 Å². The topological polar surface area (TPSA) is 84.3 Å². The molecule has 1 amide bonds. The van der Waals surface area contributed by atoms with E-state index in [4.69, 9.17) is 0 Å². The fourth-order valence-electron chi connectivity index (χ4n) is 1.33. The molecule has 0 aliphatic heterocycles. The van der Waals surface area contributed by atoms with Gasteiger partial charge in [-0.2, -0.15) is 0 Å². The zero-order valence-electron chi connectivity index (χ0n) is 10.3. The van der Waals surface area contributed by atoms with Gasteiger partial charge in [0.1, 0.15) is 0 Å². The predicted molar refractivity (Wildman–Crippen MR) is 70.6 cm³/mol. The Morgan fingerprint density at radius 3 is 2.83 bits per heavy atom. The van der Waals surface area contributed by atoms with Gasteiger partial charge in [0.2, 0.25) is 5.91 Å². The van der Waals surface area contributed by atoms with Crippen molar-refractivity contribution < 1.29 is 9.72 Å². The van der Waals surface area contributed by atoms with Crippen molar-refractivity contribution in [2.75, 3.05) is 13.1 Å². The second-order valence-electron chi connectivity index (χ2n) is 3.77. The van der Waals surface area contributed by atoms with Gasteiger partial charge in [-0.3, -0.25) is 14.9 Å². The number of thiophene rings is 1. The summed E-state index contributed by atoms with van der Waals surface area (Å²) in [6.07, 6.45) is 1.35. The maximum absolute atomic E-state index is 11.3. The fraction of sp³-hybridized carbons (Fsp3) is 0.545. The zero-order chi connectivity index (χ0) is 13.4. The van der Waals surface area contributed by atoms with Crippen molar-refractivity contribution in [3.05, 3.63) is 27.1 Å². The Hall–Kier alpha value is -1.47. The van der Waals surface area contributed by atoms with E-state index in [0.29, 0.717) is 26.1 Å². The smallest absolute Gasteiger partial charge is 0.324 e. The number of carbonyl (C=O) groups excluding carboxylic acids is 1. The van der Waals surface area contributed by atoms with Crippen LogP contribution in [0, 0.1) is 10.1 Å². The molecule has 0 fully saturated rings. The maximum atomic E-state index is 11.3. The first kappa shape index (κ1) is 14.6. The zero-order valence-corrected chi connectivity index (χ0v) is 11.1. The van der Waals surface area contributed by atoms with Crippen LogP contribution in [0.3, 0.4) is 0 Å². The van der Waals surface area contributed by atoms with Gasteiger partial charge < -0.3 is 10.6 Å². The number of hydrogen-bond acceptors (Lipinski definition) is 5. The van der Waals surface area contributed by atoms with Crippen LogP contribution in [0.4, 0.5) is 5.00 Å². The average molecular weight is 271 g/mol. The number of carbonyl (C=O) groups is 1. The molecule has 0 radical (unpaired) electrons. The minimum Gasteiger partial charge on any atom is -0.356 e. The molecule has 18 heavy (non-hydrogen) atoms. The first-order valence-electron chi connectivity index (χ1n) is 5.84. The summed E-state index contributed by atoms with van der Waals surface area (Å²) in [7, 11) is 0. The molecular weight excluding hydrogens is 254 g/mol. The molecule has 100 valence electrons. The van der Waals surface area contributed by atoms with Crippen LogP contribution >= 0.6 is 11.3 Å². The van der Waals surface area contributed by atoms with Gasteiger partial charge in [-0.1, -0.05) is 18.3 Å². The standard InChI is InChI=1S/C11H17N3O3S/c1-2-6-13-10(15)5-7-12-8-9-3-4-11(18-9)14(16)17/h3-4,12H,2,5-8H2,1H3,(H,13,15). The third-order valence-electron chi connectivity index (χ3n) is 2.23. The number of nitrogens with one attached hydrogen (secondary N) is 2. The van der Waals surface area contributed by atoms with Crippen molar-refractivity contribution in [3.8, 4) is 0 Å². The molecule has 0 unspecified atom stereocenters. The van der Waals surface area contributed by atoms with Gasteiger partial charge in [-0.25, -0.2) is 0 Å². The Bertz CT molecular complexity index is 406. The first-order chi connectivity index (χ1) is 8.63. The molecule has 0 bridgehead atoms. The molecule has 0 aliphatic rings. The highest BCUT2D eigenvalue weighted by molar-refractivity contribution is 7.15. The molecule has 6 nitrogen and oxygen atoms in total. The summed E-state index contributed by atoms with van der Waals surface area (Å²) < 4.78 is 0. The van der Waals surface area contributed by atoms with Crippen molar-refractivity contribution in [1.82, 2.24) is 10.6 Å². The minimum absolute atomic E-state index is 0.0292. The fourth-order valence-corrected chi connectivity index (χ4v) is 2.12. The van der Waals surface area contributed by atoms with Crippen LogP contribution in [0.5, 0.6) is 0 Å². The first-order valence-corrected chi connectivity index (χ1v) is 6.65. The number of nitrogens with zero attached hydrogens (tertiary/aromatic N) is 1. The van der Waals surface area contributed by atoms with Crippen molar-refractivity contribution in [1.29, 1.82) is 0 Å². The molecular formula is C11H17N3O3S. The van der Waals surface area contributed by atoms with Crippen molar-refractivity contribution in [2.24, 2.45) is 0 Å². The van der Waals surface area contributed by atoms with Gasteiger partial charge >= 0.3 is 5.00 Å². The number of hydrogen-bond donors (Lipinski definition) is 2. The molecule has 1 aromatic rings. The highest BCUT2D eigenvalue weighted by Crippen LogP contribution is 2.23. The van der Waals surface area contributed by atoms with Gasteiger partial charge in [0.15, 0.2) is 0 Å². The Morgan fingerprint density at radius 2 is 2.22 bits per heavy atom. The largest absolute Gasteiger partial charge is 0.356 e. The van der Waals surface area contributed by atoms with Crippen molar-refractivity contribution in [3.63, 3.8) is 0 Å². The summed E-state index contributed by atoms with van der Waals surface area (Å²) in [5.41, 5.74) is 0. The summed E-state index contributed by atoms with van der Waals surface area (Å²) in [4.78, 5) is 22.2. The Balaban J connectivity index is 2.17. The number of amides is 1. The van der Waals surface area contributed by atoms with E-state index in [0.717, 1.165) is 22.6 Å². The van der Waals surface area contributed by atoms with Crippen LogP contribution < -0.4 is 10.6 Å². The summed E-state index contributed by atoms with van der Waals surface area (Å²) >= 11 is 1.15. The van der Waals surface area contributed by atoms with Gasteiger partial charge in [0, 0.05) is 37.0 Å². The molecule has 1 heterocycles. The quantitative estimate of drug-likeness (QED) is 0.428. The van der Waals surface area contributed by atoms with Gasteiger partial charge in [0.05, 0.1) is 4.92 Å². The Labute approximate surface area is 110 Å². The highest BCUT2D eigenvalue weighted by Gasteiger charge is 2.09.